The molecule has 0 spiro atoms. The molecule has 2 aromatic rings. The van der Waals surface area contributed by atoms with Crippen molar-refractivity contribution < 1.29 is 9.21 Å². The minimum atomic E-state index is -0.175. The third-order valence-electron chi connectivity index (χ3n) is 5.34. The summed E-state index contributed by atoms with van der Waals surface area (Å²) in [5, 5.41) is 9.76. The molecule has 0 unspecified atom stereocenters. The molecule has 8 nitrogen and oxygen atoms in total. The fourth-order valence-electron chi connectivity index (χ4n) is 3.63. The Morgan fingerprint density at radius 2 is 2.03 bits per heavy atom. The topological polar surface area (TPSA) is 94.8 Å². The van der Waals surface area contributed by atoms with E-state index >= 15 is 0 Å². The van der Waals surface area contributed by atoms with Gasteiger partial charge in [-0.1, -0.05) is 6.07 Å². The number of piperidine rings is 1. The molecule has 0 aromatic carbocycles. The highest BCUT2D eigenvalue weighted by Gasteiger charge is 2.21. The van der Waals surface area contributed by atoms with Crippen LogP contribution in [-0.2, 0) is 0 Å². The molecule has 0 atom stereocenters. The smallest absolute Gasteiger partial charge is 0.287 e. The summed E-state index contributed by atoms with van der Waals surface area (Å²) in [5.74, 6) is 2.10. The lowest BCUT2D eigenvalue weighted by Crippen LogP contribution is -2.49. The summed E-state index contributed by atoms with van der Waals surface area (Å²) in [4.78, 5) is 23.7. The average molecular weight is 427 g/mol. The maximum Gasteiger partial charge on any atom is 0.287 e. The monoisotopic (exact) mass is 426 g/mol. The maximum absolute atomic E-state index is 12.1. The van der Waals surface area contributed by atoms with E-state index in [9.17, 15) is 4.79 Å². The van der Waals surface area contributed by atoms with Gasteiger partial charge in [0.1, 0.15) is 5.82 Å². The Kier molecular flexibility index (Phi) is 8.32. The Labute approximate surface area is 184 Å². The van der Waals surface area contributed by atoms with Crippen molar-refractivity contribution in [3.63, 3.8) is 0 Å². The number of nitrogens with zero attached hydrogens (tertiary/aromatic N) is 3. The van der Waals surface area contributed by atoms with Gasteiger partial charge in [0.2, 0.25) is 0 Å². The highest BCUT2D eigenvalue weighted by atomic mass is 16.3. The molecule has 0 radical (unpaired) electrons. The van der Waals surface area contributed by atoms with E-state index in [0.717, 1.165) is 61.9 Å². The number of amides is 1. The van der Waals surface area contributed by atoms with Crippen LogP contribution in [0, 0.1) is 13.8 Å². The Hall–Kier alpha value is -3.03. The number of furan rings is 1. The first-order valence-corrected chi connectivity index (χ1v) is 11.1. The van der Waals surface area contributed by atoms with E-state index in [0.29, 0.717) is 24.9 Å². The number of hydrogen-bond donors (Lipinski definition) is 3. The summed E-state index contributed by atoms with van der Waals surface area (Å²) in [7, 11) is 0. The van der Waals surface area contributed by atoms with E-state index in [1.165, 1.54) is 6.26 Å². The summed E-state index contributed by atoms with van der Waals surface area (Å²) in [5.41, 5.74) is 1.90. The van der Waals surface area contributed by atoms with E-state index in [1.807, 2.05) is 19.9 Å². The number of aryl methyl sites for hydroxylation is 2. The predicted octanol–water partition coefficient (Wildman–Crippen LogP) is 2.64. The summed E-state index contributed by atoms with van der Waals surface area (Å²) in [6.07, 6.45) is 4.38. The van der Waals surface area contributed by atoms with Gasteiger partial charge in [0.15, 0.2) is 11.7 Å². The van der Waals surface area contributed by atoms with Crippen LogP contribution in [0.4, 0.5) is 5.82 Å². The largest absolute Gasteiger partial charge is 0.459 e. The predicted molar refractivity (Wildman–Crippen MR) is 124 cm³/mol. The molecule has 1 fully saturated rings. The molecule has 8 heteroatoms. The molecule has 3 rings (SSSR count). The molecule has 1 aliphatic heterocycles. The fourth-order valence-corrected chi connectivity index (χ4v) is 3.63. The average Bonchev–Trinajstić information content (AvgIpc) is 3.20. The molecule has 0 saturated carbocycles. The molecular weight excluding hydrogens is 392 g/mol. The molecule has 3 heterocycles. The highest BCUT2D eigenvalue weighted by Crippen LogP contribution is 2.18. The summed E-state index contributed by atoms with van der Waals surface area (Å²) in [6.45, 7) is 9.92. The first-order chi connectivity index (χ1) is 15.1. The Balaban J connectivity index is 1.40. The molecule has 31 heavy (non-hydrogen) atoms. The number of carbonyl (C=O) groups is 1. The molecule has 168 valence electrons. The van der Waals surface area contributed by atoms with Gasteiger partial charge in [-0.2, -0.15) is 0 Å². The lowest BCUT2D eigenvalue weighted by molar-refractivity contribution is 0.0925. The number of hydrogen-bond acceptors (Lipinski definition) is 5. The normalized spacial score (nSPS) is 15.1. The van der Waals surface area contributed by atoms with Crippen molar-refractivity contribution in [2.75, 3.05) is 37.6 Å². The van der Waals surface area contributed by atoms with Crippen molar-refractivity contribution in [1.82, 2.24) is 20.9 Å². The number of aromatic nitrogens is 1. The number of aliphatic imine (C=N–C) groups is 1. The number of pyridine rings is 1. The minimum Gasteiger partial charge on any atom is -0.459 e. The van der Waals surface area contributed by atoms with Crippen LogP contribution >= 0.6 is 0 Å². The standard InChI is InChI=1S/C23H34N6O2/c1-4-24-23(26-13-6-12-25-22(30)21-17(2)11-16-31-21)28-19-9-14-29(15-10-19)20-8-5-7-18(3)27-20/h5,7-8,11,16,19H,4,6,9-10,12-15H2,1-3H3,(H,25,30)(H2,24,26,28). The van der Waals surface area contributed by atoms with Crippen LogP contribution in [0.25, 0.3) is 0 Å². The van der Waals surface area contributed by atoms with Crippen LogP contribution in [0.5, 0.6) is 0 Å². The van der Waals surface area contributed by atoms with Crippen molar-refractivity contribution >= 4 is 17.7 Å². The van der Waals surface area contributed by atoms with Crippen LogP contribution in [0.3, 0.4) is 0 Å². The van der Waals surface area contributed by atoms with E-state index in [2.05, 4.69) is 49.9 Å². The quantitative estimate of drug-likeness (QED) is 0.341. The van der Waals surface area contributed by atoms with Crippen LogP contribution in [-0.4, -0.2) is 55.6 Å². The zero-order valence-electron chi connectivity index (χ0n) is 18.8. The number of anilines is 1. The molecule has 1 aliphatic rings. The van der Waals surface area contributed by atoms with Gasteiger partial charge in [-0.3, -0.25) is 9.79 Å². The van der Waals surface area contributed by atoms with Gasteiger partial charge in [0.25, 0.3) is 5.91 Å². The second-order valence-electron chi connectivity index (χ2n) is 7.85. The SMILES string of the molecule is CCNC(=NCCCNC(=O)c1occc1C)NC1CCN(c2cccc(C)n2)CC1. The zero-order valence-corrected chi connectivity index (χ0v) is 18.8. The van der Waals surface area contributed by atoms with E-state index < -0.39 is 0 Å². The molecule has 2 aromatic heterocycles. The van der Waals surface area contributed by atoms with Gasteiger partial charge in [0, 0.05) is 50.0 Å². The lowest BCUT2D eigenvalue weighted by Gasteiger charge is -2.34. The van der Waals surface area contributed by atoms with Gasteiger partial charge in [-0.25, -0.2) is 4.98 Å². The Morgan fingerprint density at radius 1 is 1.23 bits per heavy atom. The molecule has 1 saturated heterocycles. The van der Waals surface area contributed by atoms with Crippen molar-refractivity contribution in [3.8, 4) is 0 Å². The van der Waals surface area contributed by atoms with Crippen molar-refractivity contribution in [1.29, 1.82) is 0 Å². The minimum absolute atomic E-state index is 0.175. The number of guanidine groups is 1. The molecule has 0 bridgehead atoms. The Morgan fingerprint density at radius 3 is 2.71 bits per heavy atom. The van der Waals surface area contributed by atoms with Crippen LogP contribution < -0.4 is 20.9 Å². The maximum atomic E-state index is 12.1. The van der Waals surface area contributed by atoms with Crippen LogP contribution in [0.1, 0.15) is 48.0 Å². The van der Waals surface area contributed by atoms with Crippen molar-refractivity contribution in [2.24, 2.45) is 4.99 Å². The molecule has 1 amide bonds. The molecule has 3 N–H and O–H groups in total. The summed E-state index contributed by atoms with van der Waals surface area (Å²) >= 11 is 0. The van der Waals surface area contributed by atoms with Crippen LogP contribution in [0.15, 0.2) is 39.9 Å². The third-order valence-corrected chi connectivity index (χ3v) is 5.34. The van der Waals surface area contributed by atoms with Gasteiger partial charge >= 0.3 is 0 Å². The molecule has 0 aliphatic carbocycles. The van der Waals surface area contributed by atoms with E-state index in [1.54, 1.807) is 6.07 Å². The zero-order chi connectivity index (χ0) is 22.1. The van der Waals surface area contributed by atoms with E-state index in [4.69, 9.17) is 4.42 Å². The Bertz CT molecular complexity index is 870. The number of nitrogens with one attached hydrogen (secondary N) is 3. The highest BCUT2D eigenvalue weighted by molar-refractivity contribution is 5.92. The first-order valence-electron chi connectivity index (χ1n) is 11.1. The summed E-state index contributed by atoms with van der Waals surface area (Å²) in [6, 6.07) is 8.35. The van der Waals surface area contributed by atoms with Crippen molar-refractivity contribution in [2.45, 2.75) is 46.1 Å². The fraction of sp³-hybridized carbons (Fsp3) is 0.522. The van der Waals surface area contributed by atoms with Gasteiger partial charge in [-0.15, -0.1) is 0 Å². The second-order valence-corrected chi connectivity index (χ2v) is 7.85. The third kappa shape index (κ3) is 6.73. The van der Waals surface area contributed by atoms with Crippen molar-refractivity contribution in [3.05, 3.63) is 47.5 Å². The van der Waals surface area contributed by atoms with Gasteiger partial charge in [-0.05, 0) is 58.2 Å². The number of rotatable bonds is 8. The van der Waals surface area contributed by atoms with E-state index in [-0.39, 0.29) is 5.91 Å². The first kappa shape index (κ1) is 22.7. The summed E-state index contributed by atoms with van der Waals surface area (Å²) < 4.78 is 5.21. The lowest BCUT2D eigenvalue weighted by atomic mass is 10.1. The van der Waals surface area contributed by atoms with Gasteiger partial charge < -0.3 is 25.3 Å². The number of carbonyl (C=O) groups excluding carboxylic acids is 1. The van der Waals surface area contributed by atoms with Crippen LogP contribution in [0.2, 0.25) is 0 Å². The van der Waals surface area contributed by atoms with Gasteiger partial charge in [0.05, 0.1) is 6.26 Å². The second kappa shape index (κ2) is 11.4. The molecular formula is C23H34N6O2.